The zero-order chi connectivity index (χ0) is 30.2. The lowest BCUT2D eigenvalue weighted by Crippen LogP contribution is -2.45. The molecule has 2 aliphatic carbocycles. The Kier molecular flexibility index (Phi) is 9.42. The average molecular weight is 601 g/mol. The van der Waals surface area contributed by atoms with Crippen molar-refractivity contribution in [1.29, 1.82) is 5.26 Å². The zero-order valence-electron chi connectivity index (χ0n) is 26.4. The van der Waals surface area contributed by atoms with Gasteiger partial charge < -0.3 is 18.8 Å². The van der Waals surface area contributed by atoms with Gasteiger partial charge in [-0.1, -0.05) is 20.8 Å². The van der Waals surface area contributed by atoms with E-state index >= 15 is 0 Å². The van der Waals surface area contributed by atoms with Crippen molar-refractivity contribution < 1.29 is 18.7 Å². The highest BCUT2D eigenvalue weighted by Gasteiger charge is 2.41. The van der Waals surface area contributed by atoms with Crippen molar-refractivity contribution in [2.24, 2.45) is 0 Å². The SMILES string of the molecule is CCN(C(=O)OC(C)(C)C)C1CCC(Oc2ncnc3sc4c(c23)[C@@H](CC(C#N)O[Si](C)(C)C(C)(C)C)CC4)CC1. The first-order valence-electron chi connectivity index (χ1n) is 15.1. The van der Waals surface area contributed by atoms with E-state index in [1.54, 1.807) is 17.7 Å². The summed E-state index contributed by atoms with van der Waals surface area (Å²) in [5, 5.41) is 11.1. The summed E-state index contributed by atoms with van der Waals surface area (Å²) in [5.74, 6) is 0.880. The van der Waals surface area contributed by atoms with Crippen LogP contribution in [0.25, 0.3) is 10.2 Å². The van der Waals surface area contributed by atoms with Crippen LogP contribution in [0.2, 0.25) is 18.1 Å². The largest absolute Gasteiger partial charge is 0.474 e. The standard InChI is InChI=1S/C31H48N4O4SSi/c1-10-35(29(36)38-30(2,3)4)21-12-14-22(15-13-21)37-27-26-25-20(11-16-24(25)40-28(26)34-19-33-27)17-23(18-32)39-41(8,9)31(5,6)7/h19-23H,10-17H2,1-9H3/t20-,21?,22?,23?/m1/s1. The number of thiophene rings is 1. The molecular weight excluding hydrogens is 553 g/mol. The van der Waals surface area contributed by atoms with Gasteiger partial charge in [0.1, 0.15) is 29.0 Å². The molecule has 0 aromatic carbocycles. The van der Waals surface area contributed by atoms with Crippen LogP contribution in [0.1, 0.15) is 103 Å². The average Bonchev–Trinajstić information content (AvgIpc) is 3.43. The van der Waals surface area contributed by atoms with Crippen LogP contribution in [0.5, 0.6) is 5.88 Å². The number of carbonyl (C=O) groups excluding carboxylic acids is 1. The first-order chi connectivity index (χ1) is 19.1. The van der Waals surface area contributed by atoms with E-state index in [9.17, 15) is 10.1 Å². The number of aromatic nitrogens is 2. The Morgan fingerprint density at radius 2 is 1.83 bits per heavy atom. The van der Waals surface area contributed by atoms with Gasteiger partial charge in [0.2, 0.25) is 5.88 Å². The highest BCUT2D eigenvalue weighted by atomic mass is 32.1. The lowest BCUT2D eigenvalue weighted by molar-refractivity contribution is 0.00812. The lowest BCUT2D eigenvalue weighted by atomic mass is 9.92. The summed E-state index contributed by atoms with van der Waals surface area (Å²) in [6.07, 6.45) is 7.07. The Balaban J connectivity index is 1.47. The molecule has 2 aromatic rings. The summed E-state index contributed by atoms with van der Waals surface area (Å²) in [7, 11) is -2.07. The molecule has 2 aromatic heterocycles. The van der Waals surface area contributed by atoms with E-state index in [-0.39, 0.29) is 29.2 Å². The van der Waals surface area contributed by atoms with Crippen molar-refractivity contribution in [3.05, 3.63) is 16.8 Å². The number of ether oxygens (including phenoxy) is 2. The molecule has 0 radical (unpaired) electrons. The number of carbonyl (C=O) groups is 1. The van der Waals surface area contributed by atoms with E-state index in [1.807, 2.05) is 32.6 Å². The van der Waals surface area contributed by atoms with E-state index in [0.29, 0.717) is 18.8 Å². The first kappa shape index (κ1) is 31.7. The second-order valence-corrected chi connectivity index (χ2v) is 19.9. The van der Waals surface area contributed by atoms with Gasteiger partial charge in [-0.05, 0) is 102 Å². The molecule has 1 unspecified atom stereocenters. The third kappa shape index (κ3) is 7.23. The third-order valence-electron chi connectivity index (χ3n) is 8.91. The molecule has 0 aliphatic heterocycles. The number of nitriles is 1. The number of fused-ring (bicyclic) bond motifs is 3. The fourth-order valence-corrected chi connectivity index (χ4v) is 8.22. The predicted molar refractivity (Wildman–Crippen MR) is 166 cm³/mol. The van der Waals surface area contributed by atoms with E-state index in [4.69, 9.17) is 13.9 Å². The van der Waals surface area contributed by atoms with Gasteiger partial charge in [0.25, 0.3) is 0 Å². The van der Waals surface area contributed by atoms with Crippen molar-refractivity contribution in [1.82, 2.24) is 14.9 Å². The number of rotatable bonds is 8. The summed E-state index contributed by atoms with van der Waals surface area (Å²) >= 11 is 1.73. The Morgan fingerprint density at radius 3 is 2.41 bits per heavy atom. The van der Waals surface area contributed by atoms with Crippen LogP contribution >= 0.6 is 11.3 Å². The fraction of sp³-hybridized carbons (Fsp3) is 0.742. The molecule has 0 bridgehead atoms. The lowest BCUT2D eigenvalue weighted by Gasteiger charge is -2.38. The molecule has 8 nitrogen and oxygen atoms in total. The molecule has 10 heteroatoms. The molecule has 41 heavy (non-hydrogen) atoms. The maximum Gasteiger partial charge on any atom is 0.410 e. The second-order valence-electron chi connectivity index (χ2n) is 14.1. The van der Waals surface area contributed by atoms with Gasteiger partial charge in [0, 0.05) is 17.5 Å². The van der Waals surface area contributed by atoms with Crippen molar-refractivity contribution in [3.63, 3.8) is 0 Å². The molecule has 0 saturated heterocycles. The highest BCUT2D eigenvalue weighted by Crippen LogP contribution is 2.48. The molecule has 1 fully saturated rings. The Hall–Kier alpha value is -2.22. The molecule has 1 saturated carbocycles. The number of hydrogen-bond acceptors (Lipinski definition) is 8. The summed E-state index contributed by atoms with van der Waals surface area (Å²) in [6.45, 7) is 19.4. The Bertz CT molecular complexity index is 1270. The van der Waals surface area contributed by atoms with Gasteiger partial charge in [-0.25, -0.2) is 14.8 Å². The smallest absolute Gasteiger partial charge is 0.410 e. The van der Waals surface area contributed by atoms with E-state index in [2.05, 4.69) is 49.9 Å². The van der Waals surface area contributed by atoms with E-state index in [1.165, 1.54) is 10.4 Å². The van der Waals surface area contributed by atoms with Crippen LogP contribution in [0.15, 0.2) is 6.33 Å². The first-order valence-corrected chi connectivity index (χ1v) is 18.9. The van der Waals surface area contributed by atoms with Crippen molar-refractivity contribution in [2.45, 2.75) is 141 Å². The minimum absolute atomic E-state index is 0.0332. The zero-order valence-corrected chi connectivity index (χ0v) is 28.2. The molecule has 226 valence electrons. The molecule has 2 heterocycles. The topological polar surface area (TPSA) is 97.6 Å². The van der Waals surface area contributed by atoms with Crippen molar-refractivity contribution in [2.75, 3.05) is 6.54 Å². The molecule has 0 N–H and O–H groups in total. The molecule has 0 spiro atoms. The monoisotopic (exact) mass is 600 g/mol. The number of aryl methyl sites for hydroxylation is 1. The maximum absolute atomic E-state index is 12.8. The Labute approximate surface area is 250 Å². The van der Waals surface area contributed by atoms with Gasteiger partial charge in [-0.3, -0.25) is 0 Å². The Morgan fingerprint density at radius 1 is 1.15 bits per heavy atom. The summed E-state index contributed by atoms with van der Waals surface area (Å²) < 4.78 is 18.8. The van der Waals surface area contributed by atoms with Crippen molar-refractivity contribution in [3.8, 4) is 11.9 Å². The highest BCUT2D eigenvalue weighted by molar-refractivity contribution is 7.19. The van der Waals surface area contributed by atoms with Gasteiger partial charge in [-0.15, -0.1) is 11.3 Å². The summed E-state index contributed by atoms with van der Waals surface area (Å²) in [5.41, 5.74) is 0.752. The van der Waals surface area contributed by atoms with E-state index in [0.717, 1.165) is 48.7 Å². The van der Waals surface area contributed by atoms with E-state index < -0.39 is 20.0 Å². The molecule has 2 aliphatic rings. The third-order valence-corrected chi connectivity index (χ3v) is 14.6. The summed E-state index contributed by atoms with van der Waals surface area (Å²) in [4.78, 5) is 26.1. The number of hydrogen-bond donors (Lipinski definition) is 0. The van der Waals surface area contributed by atoms with Crippen LogP contribution in [-0.4, -0.2) is 59.7 Å². The number of amides is 1. The van der Waals surface area contributed by atoms with Crippen LogP contribution < -0.4 is 4.74 Å². The van der Waals surface area contributed by atoms with Gasteiger partial charge in [0.15, 0.2) is 8.32 Å². The quantitative estimate of drug-likeness (QED) is 0.283. The van der Waals surface area contributed by atoms with Crippen molar-refractivity contribution >= 4 is 36.0 Å². The molecule has 1 amide bonds. The fourth-order valence-electron chi connectivity index (χ4n) is 5.77. The van der Waals surface area contributed by atoms with Crippen LogP contribution in [0.4, 0.5) is 4.79 Å². The van der Waals surface area contributed by atoms with Crippen LogP contribution in [0.3, 0.4) is 0 Å². The normalized spacial score (nSPS) is 22.2. The molecule has 4 rings (SSSR count). The summed E-state index contributed by atoms with van der Waals surface area (Å²) in [6, 6.07) is 2.61. The minimum Gasteiger partial charge on any atom is -0.474 e. The predicted octanol–water partition coefficient (Wildman–Crippen LogP) is 7.97. The van der Waals surface area contributed by atoms with Gasteiger partial charge in [0.05, 0.1) is 11.5 Å². The second kappa shape index (κ2) is 12.2. The van der Waals surface area contributed by atoms with Gasteiger partial charge in [-0.2, -0.15) is 5.26 Å². The molecular formula is C31H48N4O4SSi. The molecule has 2 atom stereocenters. The van der Waals surface area contributed by atoms with Crippen LogP contribution in [0, 0.1) is 11.3 Å². The number of nitrogens with zero attached hydrogens (tertiary/aromatic N) is 4. The van der Waals surface area contributed by atoms with Gasteiger partial charge >= 0.3 is 6.09 Å². The minimum atomic E-state index is -2.07. The maximum atomic E-state index is 12.8. The van der Waals surface area contributed by atoms with Crippen LogP contribution in [-0.2, 0) is 15.6 Å².